The molecular formula is C15H17N5O5S. The largest absolute Gasteiger partial charge is 0.481 e. The molecule has 0 fully saturated rings. The maximum atomic E-state index is 12.1. The average molecular weight is 379 g/mol. The summed E-state index contributed by atoms with van der Waals surface area (Å²) in [5.41, 5.74) is 0.738. The second-order valence-corrected chi connectivity index (χ2v) is 6.55. The molecule has 0 atom stereocenters. The quantitative estimate of drug-likeness (QED) is 0.646. The van der Waals surface area contributed by atoms with Crippen LogP contribution < -0.4 is 19.5 Å². The van der Waals surface area contributed by atoms with Gasteiger partial charge in [0.15, 0.2) is 5.78 Å². The third-order valence-corrected chi connectivity index (χ3v) is 3.99. The van der Waals surface area contributed by atoms with Crippen molar-refractivity contribution in [2.24, 2.45) is 0 Å². The number of nitrogens with one attached hydrogen (secondary N) is 3. The first-order valence-electron chi connectivity index (χ1n) is 7.31. The van der Waals surface area contributed by atoms with E-state index in [1.807, 2.05) is 0 Å². The Morgan fingerprint density at radius 1 is 1.15 bits per heavy atom. The summed E-state index contributed by atoms with van der Waals surface area (Å²) in [6.45, 7) is 2.96. The Morgan fingerprint density at radius 2 is 1.85 bits per heavy atom. The van der Waals surface area contributed by atoms with Gasteiger partial charge in [0.2, 0.25) is 11.8 Å². The molecule has 26 heavy (non-hydrogen) atoms. The average Bonchev–Trinajstić information content (AvgIpc) is 2.53. The van der Waals surface area contributed by atoms with E-state index in [9.17, 15) is 18.0 Å². The van der Waals surface area contributed by atoms with E-state index in [0.717, 1.165) is 0 Å². The van der Waals surface area contributed by atoms with E-state index in [2.05, 4.69) is 20.0 Å². The van der Waals surface area contributed by atoms with Crippen LogP contribution >= 0.6 is 0 Å². The van der Waals surface area contributed by atoms with Gasteiger partial charge in [0.1, 0.15) is 0 Å². The third-order valence-electron chi connectivity index (χ3n) is 3.04. The van der Waals surface area contributed by atoms with E-state index in [4.69, 9.17) is 4.74 Å². The van der Waals surface area contributed by atoms with Crippen LogP contribution in [0, 0.1) is 6.92 Å². The fraction of sp³-hybridized carbons (Fsp3) is 0.200. The van der Waals surface area contributed by atoms with Gasteiger partial charge in [-0.1, -0.05) is 12.1 Å². The number of amides is 2. The number of aryl methyl sites for hydroxylation is 1. The minimum Gasteiger partial charge on any atom is -0.481 e. The van der Waals surface area contributed by atoms with E-state index >= 15 is 0 Å². The Morgan fingerprint density at radius 3 is 2.50 bits per heavy atom. The number of urea groups is 1. The fourth-order valence-corrected chi connectivity index (χ4v) is 2.81. The van der Waals surface area contributed by atoms with Gasteiger partial charge >= 0.3 is 16.2 Å². The maximum absolute atomic E-state index is 12.1. The fourth-order valence-electron chi connectivity index (χ4n) is 2.00. The summed E-state index contributed by atoms with van der Waals surface area (Å²) in [6.07, 6.45) is 0. The van der Waals surface area contributed by atoms with Crippen LogP contribution in [0.2, 0.25) is 0 Å². The molecule has 3 N–H and O–H groups in total. The first-order chi connectivity index (χ1) is 12.2. The third kappa shape index (κ3) is 5.14. The zero-order chi connectivity index (χ0) is 19.3. The van der Waals surface area contributed by atoms with Crippen molar-refractivity contribution in [1.29, 1.82) is 0 Å². The lowest BCUT2D eigenvalue weighted by molar-refractivity contribution is 0.101. The predicted molar refractivity (Wildman–Crippen MR) is 94.5 cm³/mol. The standard InChI is InChI=1S/C15H17N5O5S/c1-9-8-13(25-3)17-14(16-9)18-15(22)20-26(23,24)19-12-7-5-4-6-11(12)10(2)21/h4-8,19H,1-3H3,(H2,16,17,18,20,22). The summed E-state index contributed by atoms with van der Waals surface area (Å²) in [6, 6.07) is 6.48. The van der Waals surface area contributed by atoms with Crippen molar-refractivity contribution in [2.45, 2.75) is 13.8 Å². The number of hydrogen-bond acceptors (Lipinski definition) is 7. The van der Waals surface area contributed by atoms with Crippen LogP contribution in [0.15, 0.2) is 30.3 Å². The molecule has 0 aliphatic carbocycles. The highest BCUT2D eigenvalue weighted by molar-refractivity contribution is 7.91. The van der Waals surface area contributed by atoms with Crippen molar-refractivity contribution in [3.8, 4) is 5.88 Å². The Labute approximate surface area is 150 Å². The van der Waals surface area contributed by atoms with Gasteiger partial charge in [-0.3, -0.25) is 14.8 Å². The van der Waals surface area contributed by atoms with Gasteiger partial charge in [-0.2, -0.15) is 13.4 Å². The Bertz CT molecular complexity index is 945. The van der Waals surface area contributed by atoms with Gasteiger partial charge in [0, 0.05) is 17.3 Å². The van der Waals surface area contributed by atoms with E-state index in [1.54, 1.807) is 29.8 Å². The monoisotopic (exact) mass is 379 g/mol. The molecular weight excluding hydrogens is 362 g/mol. The molecule has 2 aromatic rings. The zero-order valence-corrected chi connectivity index (χ0v) is 15.0. The van der Waals surface area contributed by atoms with Crippen LogP contribution in [0.1, 0.15) is 23.0 Å². The van der Waals surface area contributed by atoms with Gasteiger partial charge in [0.05, 0.1) is 12.8 Å². The number of benzene rings is 1. The van der Waals surface area contributed by atoms with Crippen molar-refractivity contribution < 1.29 is 22.7 Å². The number of para-hydroxylation sites is 1. The molecule has 2 amide bonds. The number of aromatic nitrogens is 2. The van der Waals surface area contributed by atoms with Gasteiger partial charge in [-0.15, -0.1) is 0 Å². The zero-order valence-electron chi connectivity index (χ0n) is 14.2. The number of carbonyl (C=O) groups excluding carboxylic acids is 2. The molecule has 2 rings (SSSR count). The van der Waals surface area contributed by atoms with Crippen LogP contribution in [-0.2, 0) is 10.2 Å². The summed E-state index contributed by atoms with van der Waals surface area (Å²) in [4.78, 5) is 31.3. The lowest BCUT2D eigenvalue weighted by atomic mass is 10.1. The lowest BCUT2D eigenvalue weighted by Gasteiger charge is -2.12. The van der Waals surface area contributed by atoms with E-state index < -0.39 is 16.2 Å². The van der Waals surface area contributed by atoms with Gasteiger partial charge < -0.3 is 4.74 Å². The van der Waals surface area contributed by atoms with Crippen molar-refractivity contribution in [3.05, 3.63) is 41.6 Å². The van der Waals surface area contributed by atoms with Crippen LogP contribution in [0.3, 0.4) is 0 Å². The number of nitrogens with zero attached hydrogens (tertiary/aromatic N) is 2. The summed E-state index contributed by atoms with van der Waals surface area (Å²) >= 11 is 0. The molecule has 11 heteroatoms. The number of hydrogen-bond donors (Lipinski definition) is 3. The smallest absolute Gasteiger partial charge is 0.336 e. The topological polar surface area (TPSA) is 139 Å². The highest BCUT2D eigenvalue weighted by atomic mass is 32.2. The predicted octanol–water partition coefficient (Wildman–Crippen LogP) is 1.47. The molecule has 0 saturated carbocycles. The summed E-state index contributed by atoms with van der Waals surface area (Å²) in [5, 5.41) is 2.20. The molecule has 1 aromatic heterocycles. The Balaban J connectivity index is 2.11. The lowest BCUT2D eigenvalue weighted by Crippen LogP contribution is -2.38. The Kier molecular flexibility index (Phi) is 5.72. The highest BCUT2D eigenvalue weighted by Crippen LogP contribution is 2.16. The van der Waals surface area contributed by atoms with Crippen LogP contribution in [0.4, 0.5) is 16.4 Å². The molecule has 0 aliphatic heterocycles. The van der Waals surface area contributed by atoms with Crippen LogP contribution in [0.5, 0.6) is 5.88 Å². The van der Waals surface area contributed by atoms with E-state index in [1.165, 1.54) is 26.2 Å². The van der Waals surface area contributed by atoms with E-state index in [0.29, 0.717) is 5.69 Å². The summed E-state index contributed by atoms with van der Waals surface area (Å²) in [5.74, 6) is -0.240. The minimum absolute atomic E-state index is 0.0498. The second kappa shape index (κ2) is 7.78. The van der Waals surface area contributed by atoms with Crippen molar-refractivity contribution in [3.63, 3.8) is 0 Å². The molecule has 0 spiro atoms. The van der Waals surface area contributed by atoms with Crippen LogP contribution in [0.25, 0.3) is 0 Å². The summed E-state index contributed by atoms with van der Waals surface area (Å²) < 4.78 is 33.0. The molecule has 1 aromatic carbocycles. The molecule has 138 valence electrons. The van der Waals surface area contributed by atoms with E-state index in [-0.39, 0.29) is 28.9 Å². The first kappa shape index (κ1) is 19.1. The minimum atomic E-state index is -4.29. The number of methoxy groups -OCH3 is 1. The first-order valence-corrected chi connectivity index (χ1v) is 8.79. The molecule has 10 nitrogen and oxygen atoms in total. The molecule has 0 aliphatic rings. The SMILES string of the molecule is COc1cc(C)nc(NC(=O)NS(=O)(=O)Nc2ccccc2C(C)=O)n1. The number of ketones is 1. The van der Waals surface area contributed by atoms with Gasteiger partial charge in [0.25, 0.3) is 0 Å². The Hall–Kier alpha value is -3.21. The van der Waals surface area contributed by atoms with Crippen LogP contribution in [-0.4, -0.2) is 37.3 Å². The molecule has 0 unspecified atom stereocenters. The summed E-state index contributed by atoms with van der Waals surface area (Å²) in [7, 11) is -2.89. The molecule has 0 radical (unpaired) electrons. The van der Waals surface area contributed by atoms with Gasteiger partial charge in [-0.25, -0.2) is 14.5 Å². The van der Waals surface area contributed by atoms with Crippen molar-refractivity contribution >= 4 is 33.7 Å². The van der Waals surface area contributed by atoms with Crippen molar-refractivity contribution in [1.82, 2.24) is 14.7 Å². The molecule has 0 bridgehead atoms. The van der Waals surface area contributed by atoms with Gasteiger partial charge in [-0.05, 0) is 26.0 Å². The normalized spacial score (nSPS) is 10.7. The second-order valence-electron chi connectivity index (χ2n) is 5.14. The number of carbonyl (C=O) groups is 2. The number of ether oxygens (including phenoxy) is 1. The number of anilines is 2. The maximum Gasteiger partial charge on any atom is 0.336 e. The highest BCUT2D eigenvalue weighted by Gasteiger charge is 2.18. The molecule has 0 saturated heterocycles. The number of Topliss-reactive ketones (excluding diaryl/α,β-unsaturated/α-hetero) is 1. The molecule has 1 heterocycles. The van der Waals surface area contributed by atoms with Crippen molar-refractivity contribution in [2.75, 3.05) is 17.1 Å². The number of rotatable bonds is 6.